The van der Waals surface area contributed by atoms with Crippen LogP contribution in [0.25, 0.3) is 11.4 Å². The number of pyridine rings is 1. The number of aromatic amines is 2. The van der Waals surface area contributed by atoms with Gasteiger partial charge in [0.1, 0.15) is 0 Å². The predicted molar refractivity (Wildman–Crippen MR) is 55.9 cm³/mol. The number of alkyl halides is 3. The summed E-state index contributed by atoms with van der Waals surface area (Å²) in [5.74, 6) is 0. The van der Waals surface area contributed by atoms with E-state index in [1.165, 1.54) is 0 Å². The van der Waals surface area contributed by atoms with Crippen LogP contribution in [0.5, 0.6) is 0 Å². The Morgan fingerprint density at radius 2 is 1.83 bits per heavy atom. The highest BCUT2D eigenvalue weighted by molar-refractivity contribution is 5.53. The standard InChI is InChI=1S/C10H6F3N3O2/c11-10(12,13)5-1-2-6(14-4-5)7-3-8(17)16-9(18)15-7/h1-4H,(H2,15,16,17,18). The van der Waals surface area contributed by atoms with E-state index >= 15 is 0 Å². The Balaban J connectivity index is 2.47. The van der Waals surface area contributed by atoms with Crippen molar-refractivity contribution in [3.8, 4) is 11.4 Å². The molecule has 2 heterocycles. The molecule has 0 aromatic carbocycles. The Morgan fingerprint density at radius 1 is 1.11 bits per heavy atom. The van der Waals surface area contributed by atoms with E-state index in [9.17, 15) is 22.8 Å². The SMILES string of the molecule is O=c1cc(-c2ccc(C(F)(F)F)cn2)[nH]c(=O)[nH]1. The van der Waals surface area contributed by atoms with E-state index in [1.807, 2.05) is 4.98 Å². The van der Waals surface area contributed by atoms with Crippen LogP contribution >= 0.6 is 0 Å². The highest BCUT2D eigenvalue weighted by Gasteiger charge is 2.30. The molecule has 0 radical (unpaired) electrons. The first-order chi connectivity index (χ1) is 8.36. The summed E-state index contributed by atoms with van der Waals surface area (Å²) < 4.78 is 36.9. The molecule has 0 aliphatic carbocycles. The van der Waals surface area contributed by atoms with E-state index in [4.69, 9.17) is 0 Å². The molecule has 0 unspecified atom stereocenters. The average Bonchev–Trinajstić information content (AvgIpc) is 2.27. The van der Waals surface area contributed by atoms with Crippen LogP contribution in [0.15, 0.2) is 34.0 Å². The Bertz CT molecular complexity index is 642. The summed E-state index contributed by atoms with van der Waals surface area (Å²) in [5, 5.41) is 0. The molecule has 0 aliphatic heterocycles. The topological polar surface area (TPSA) is 78.6 Å². The van der Waals surface area contributed by atoms with Crippen LogP contribution in [0.2, 0.25) is 0 Å². The van der Waals surface area contributed by atoms with E-state index in [1.54, 1.807) is 0 Å². The van der Waals surface area contributed by atoms with Crippen molar-refractivity contribution < 1.29 is 13.2 Å². The van der Waals surface area contributed by atoms with Gasteiger partial charge in [0, 0.05) is 12.3 Å². The van der Waals surface area contributed by atoms with Crippen LogP contribution in [-0.2, 0) is 6.18 Å². The van der Waals surface area contributed by atoms with E-state index in [0.717, 1.165) is 18.2 Å². The third-order valence-electron chi connectivity index (χ3n) is 2.13. The number of rotatable bonds is 1. The van der Waals surface area contributed by atoms with Crippen LogP contribution in [0.4, 0.5) is 13.2 Å². The van der Waals surface area contributed by atoms with Crippen LogP contribution in [-0.4, -0.2) is 15.0 Å². The second-order valence-electron chi connectivity index (χ2n) is 3.43. The fourth-order valence-corrected chi connectivity index (χ4v) is 1.33. The number of nitrogens with zero attached hydrogens (tertiary/aromatic N) is 1. The van der Waals surface area contributed by atoms with Crippen LogP contribution in [0, 0.1) is 0 Å². The maximum Gasteiger partial charge on any atom is 0.417 e. The minimum absolute atomic E-state index is 0.0532. The van der Waals surface area contributed by atoms with Gasteiger partial charge in [-0.1, -0.05) is 0 Å². The summed E-state index contributed by atoms with van der Waals surface area (Å²) in [4.78, 5) is 29.8. The van der Waals surface area contributed by atoms with Crippen LogP contribution < -0.4 is 11.2 Å². The lowest BCUT2D eigenvalue weighted by molar-refractivity contribution is -0.137. The molecule has 0 fully saturated rings. The molecule has 0 atom stereocenters. The maximum atomic E-state index is 12.3. The number of hydrogen-bond acceptors (Lipinski definition) is 3. The van der Waals surface area contributed by atoms with Crippen LogP contribution in [0.1, 0.15) is 5.56 Å². The Hall–Kier alpha value is -2.38. The lowest BCUT2D eigenvalue weighted by atomic mass is 10.2. The monoisotopic (exact) mass is 257 g/mol. The fraction of sp³-hybridized carbons (Fsp3) is 0.100. The Kier molecular flexibility index (Phi) is 2.77. The number of hydrogen-bond donors (Lipinski definition) is 2. The van der Waals surface area contributed by atoms with Crippen LogP contribution in [0.3, 0.4) is 0 Å². The van der Waals surface area contributed by atoms with Gasteiger partial charge in [0.05, 0.1) is 17.0 Å². The second kappa shape index (κ2) is 4.13. The zero-order valence-electron chi connectivity index (χ0n) is 8.71. The van der Waals surface area contributed by atoms with Crippen molar-refractivity contribution in [3.63, 3.8) is 0 Å². The van der Waals surface area contributed by atoms with E-state index in [2.05, 4.69) is 9.97 Å². The smallest absolute Gasteiger partial charge is 0.305 e. The summed E-state index contributed by atoms with van der Waals surface area (Å²) in [6.07, 6.45) is -3.85. The first-order valence-electron chi connectivity index (χ1n) is 4.73. The molecule has 0 bridgehead atoms. The third kappa shape index (κ3) is 2.47. The number of aromatic nitrogens is 3. The van der Waals surface area contributed by atoms with Crippen molar-refractivity contribution >= 4 is 0 Å². The van der Waals surface area contributed by atoms with Gasteiger partial charge in [-0.3, -0.25) is 14.8 Å². The quantitative estimate of drug-likeness (QED) is 0.804. The van der Waals surface area contributed by atoms with Gasteiger partial charge in [-0.05, 0) is 12.1 Å². The summed E-state index contributed by atoms with van der Waals surface area (Å²) in [6, 6.07) is 2.94. The second-order valence-corrected chi connectivity index (χ2v) is 3.43. The lowest BCUT2D eigenvalue weighted by Gasteiger charge is -2.06. The molecule has 0 spiro atoms. The van der Waals surface area contributed by atoms with Crippen molar-refractivity contribution in [1.82, 2.24) is 15.0 Å². The molecule has 18 heavy (non-hydrogen) atoms. The summed E-state index contributed by atoms with van der Waals surface area (Å²) in [7, 11) is 0. The summed E-state index contributed by atoms with van der Waals surface area (Å²) >= 11 is 0. The highest BCUT2D eigenvalue weighted by atomic mass is 19.4. The molecule has 0 saturated carbocycles. The fourth-order valence-electron chi connectivity index (χ4n) is 1.33. The van der Waals surface area contributed by atoms with Gasteiger partial charge in [-0.15, -0.1) is 0 Å². The van der Waals surface area contributed by atoms with E-state index in [0.29, 0.717) is 6.20 Å². The first-order valence-corrected chi connectivity index (χ1v) is 4.73. The lowest BCUT2D eigenvalue weighted by Crippen LogP contribution is -2.21. The van der Waals surface area contributed by atoms with Gasteiger partial charge in [-0.25, -0.2) is 4.79 Å². The minimum atomic E-state index is -4.48. The molecule has 2 N–H and O–H groups in total. The van der Waals surface area contributed by atoms with Crippen molar-refractivity contribution in [1.29, 1.82) is 0 Å². The highest BCUT2D eigenvalue weighted by Crippen LogP contribution is 2.29. The molecular formula is C10H6F3N3O2. The molecular weight excluding hydrogens is 251 g/mol. The minimum Gasteiger partial charge on any atom is -0.305 e. The average molecular weight is 257 g/mol. The normalized spacial score (nSPS) is 11.5. The molecule has 8 heteroatoms. The molecule has 94 valence electrons. The van der Waals surface area contributed by atoms with E-state index in [-0.39, 0.29) is 11.4 Å². The number of H-pyrrole nitrogens is 2. The zero-order chi connectivity index (χ0) is 13.3. The zero-order valence-corrected chi connectivity index (χ0v) is 8.71. The van der Waals surface area contributed by atoms with Gasteiger partial charge < -0.3 is 4.98 Å². The number of nitrogens with one attached hydrogen (secondary N) is 2. The molecule has 0 aliphatic rings. The van der Waals surface area contributed by atoms with Gasteiger partial charge in [0.2, 0.25) is 0 Å². The maximum absolute atomic E-state index is 12.3. The predicted octanol–water partition coefficient (Wildman–Crippen LogP) is 1.14. The Labute approximate surface area is 97.3 Å². The molecule has 0 amide bonds. The first kappa shape index (κ1) is 12.1. The molecule has 5 nitrogen and oxygen atoms in total. The molecule has 2 rings (SSSR count). The van der Waals surface area contributed by atoms with Crippen molar-refractivity contribution in [2.75, 3.05) is 0 Å². The van der Waals surface area contributed by atoms with Crippen molar-refractivity contribution in [2.24, 2.45) is 0 Å². The van der Waals surface area contributed by atoms with Gasteiger partial charge in [0.25, 0.3) is 5.56 Å². The number of halogens is 3. The summed E-state index contributed by atoms with van der Waals surface area (Å²) in [5.41, 5.74) is -2.18. The molecule has 2 aromatic heterocycles. The van der Waals surface area contributed by atoms with Crippen molar-refractivity contribution in [3.05, 3.63) is 50.8 Å². The van der Waals surface area contributed by atoms with E-state index < -0.39 is 23.0 Å². The molecule has 0 saturated heterocycles. The third-order valence-corrected chi connectivity index (χ3v) is 2.13. The van der Waals surface area contributed by atoms with Gasteiger partial charge >= 0.3 is 11.9 Å². The van der Waals surface area contributed by atoms with Crippen molar-refractivity contribution in [2.45, 2.75) is 6.18 Å². The molecule has 2 aromatic rings. The van der Waals surface area contributed by atoms with Gasteiger partial charge in [0.15, 0.2) is 0 Å². The Morgan fingerprint density at radius 3 is 2.33 bits per heavy atom. The summed E-state index contributed by atoms with van der Waals surface area (Å²) in [6.45, 7) is 0. The largest absolute Gasteiger partial charge is 0.417 e. The van der Waals surface area contributed by atoms with Gasteiger partial charge in [-0.2, -0.15) is 13.2 Å².